The van der Waals surface area contributed by atoms with Gasteiger partial charge in [-0.2, -0.15) is 0 Å². The van der Waals surface area contributed by atoms with Crippen LogP contribution in [-0.2, 0) is 10.8 Å². The summed E-state index contributed by atoms with van der Waals surface area (Å²) >= 11 is 0. The van der Waals surface area contributed by atoms with Gasteiger partial charge >= 0.3 is 0 Å². The molecule has 0 saturated carbocycles. The molecule has 0 amide bonds. The standard InChI is InChI=1S/C9H10O4S/c10-5-6-14(13)8-4-2-1-3-7(8)9(11)12/h1-4,10H,5-6H2,(H,11,12)/p-1/t14-/m0/s1. The van der Waals surface area contributed by atoms with Crippen molar-refractivity contribution in [2.75, 3.05) is 12.4 Å². The van der Waals surface area contributed by atoms with Crippen LogP contribution in [0.1, 0.15) is 10.4 Å². The third-order valence-corrected chi connectivity index (χ3v) is 3.03. The molecule has 0 aromatic heterocycles. The maximum atomic E-state index is 11.4. The molecule has 0 aliphatic carbocycles. The molecule has 0 aliphatic rings. The number of aliphatic hydroxyl groups is 1. The molecule has 1 rings (SSSR count). The third kappa shape index (κ3) is 2.40. The summed E-state index contributed by atoms with van der Waals surface area (Å²) in [6.45, 7) is -0.242. The van der Waals surface area contributed by atoms with Crippen LogP contribution in [0.15, 0.2) is 29.2 Å². The highest BCUT2D eigenvalue weighted by Crippen LogP contribution is 2.12. The average molecular weight is 213 g/mol. The number of aromatic carboxylic acids is 1. The number of carbonyl (C=O) groups is 1. The Hall–Kier alpha value is -1.20. The second-order valence-corrected chi connectivity index (χ2v) is 4.10. The Labute approximate surface area is 83.7 Å². The SMILES string of the molecule is O=C([O-])c1ccccc1[S@@](=O)CCO. The molecule has 4 nitrogen and oxygen atoms in total. The molecule has 0 saturated heterocycles. The Morgan fingerprint density at radius 2 is 2.07 bits per heavy atom. The van der Waals surface area contributed by atoms with E-state index in [1.807, 2.05) is 0 Å². The number of benzene rings is 1. The zero-order valence-electron chi connectivity index (χ0n) is 7.30. The monoisotopic (exact) mass is 213 g/mol. The molecule has 0 unspecified atom stereocenters. The van der Waals surface area contributed by atoms with Gasteiger partial charge in [0.1, 0.15) is 0 Å². The molecule has 1 aromatic carbocycles. The third-order valence-electron chi connectivity index (χ3n) is 1.63. The topological polar surface area (TPSA) is 77.4 Å². The highest BCUT2D eigenvalue weighted by Gasteiger charge is 2.08. The van der Waals surface area contributed by atoms with Gasteiger partial charge < -0.3 is 15.0 Å². The first kappa shape index (κ1) is 10.9. The Morgan fingerprint density at radius 3 is 2.64 bits per heavy atom. The number of carbonyl (C=O) groups excluding carboxylic acids is 1. The van der Waals surface area contributed by atoms with E-state index in [1.54, 1.807) is 6.07 Å². The van der Waals surface area contributed by atoms with E-state index in [0.29, 0.717) is 0 Å². The van der Waals surface area contributed by atoms with Gasteiger partial charge in [-0.15, -0.1) is 0 Å². The van der Waals surface area contributed by atoms with Gasteiger partial charge in [0, 0.05) is 10.5 Å². The molecular formula is C9H9O4S-. The minimum Gasteiger partial charge on any atom is -0.545 e. The van der Waals surface area contributed by atoms with E-state index in [2.05, 4.69) is 0 Å². The van der Waals surface area contributed by atoms with Gasteiger partial charge in [-0.25, -0.2) is 0 Å². The van der Waals surface area contributed by atoms with Crippen molar-refractivity contribution in [3.63, 3.8) is 0 Å². The lowest BCUT2D eigenvalue weighted by Gasteiger charge is -2.08. The van der Waals surface area contributed by atoms with E-state index in [9.17, 15) is 14.1 Å². The molecule has 0 aliphatic heterocycles. The largest absolute Gasteiger partial charge is 0.545 e. The predicted octanol–water partition coefficient (Wildman–Crippen LogP) is -0.850. The Kier molecular flexibility index (Phi) is 3.79. The smallest absolute Gasteiger partial charge is 0.0727 e. The number of carboxylic acid groups (broad SMARTS) is 1. The molecule has 0 heterocycles. The van der Waals surface area contributed by atoms with Crippen molar-refractivity contribution < 1.29 is 19.2 Å². The van der Waals surface area contributed by atoms with Gasteiger partial charge in [0.05, 0.1) is 29.1 Å². The summed E-state index contributed by atoms with van der Waals surface area (Å²) in [5.41, 5.74) is -0.0840. The molecule has 76 valence electrons. The minimum absolute atomic E-state index is 0.0320. The van der Waals surface area contributed by atoms with Crippen molar-refractivity contribution in [3.8, 4) is 0 Å². The Morgan fingerprint density at radius 1 is 1.43 bits per heavy atom. The summed E-state index contributed by atoms with van der Waals surface area (Å²) in [5, 5.41) is 19.2. The minimum atomic E-state index is -1.49. The van der Waals surface area contributed by atoms with Gasteiger partial charge in [-0.1, -0.05) is 18.2 Å². The van der Waals surface area contributed by atoms with Crippen LogP contribution in [0.5, 0.6) is 0 Å². The first-order chi connectivity index (χ1) is 6.66. The Balaban J connectivity index is 3.07. The summed E-state index contributed by atoms with van der Waals surface area (Å²) < 4.78 is 11.4. The average Bonchev–Trinajstić information content (AvgIpc) is 2.18. The van der Waals surface area contributed by atoms with Crippen molar-refractivity contribution in [1.29, 1.82) is 0 Å². The van der Waals surface area contributed by atoms with E-state index in [4.69, 9.17) is 5.11 Å². The van der Waals surface area contributed by atoms with Crippen molar-refractivity contribution >= 4 is 16.8 Å². The first-order valence-electron chi connectivity index (χ1n) is 3.96. The molecule has 1 atom stereocenters. The van der Waals surface area contributed by atoms with Crippen LogP contribution >= 0.6 is 0 Å². The van der Waals surface area contributed by atoms with Crippen LogP contribution in [0.25, 0.3) is 0 Å². The van der Waals surface area contributed by atoms with Crippen LogP contribution < -0.4 is 5.11 Å². The molecule has 1 N–H and O–H groups in total. The molecule has 0 radical (unpaired) electrons. The van der Waals surface area contributed by atoms with E-state index >= 15 is 0 Å². The van der Waals surface area contributed by atoms with Crippen molar-refractivity contribution in [2.24, 2.45) is 0 Å². The summed E-state index contributed by atoms with van der Waals surface area (Å²) in [6.07, 6.45) is 0. The predicted molar refractivity (Wildman–Crippen MR) is 49.1 cm³/mol. The van der Waals surface area contributed by atoms with E-state index in [0.717, 1.165) is 0 Å². The first-order valence-corrected chi connectivity index (χ1v) is 5.28. The van der Waals surface area contributed by atoms with Crippen LogP contribution in [0.2, 0.25) is 0 Å². The van der Waals surface area contributed by atoms with Crippen LogP contribution in [0.3, 0.4) is 0 Å². The fourth-order valence-corrected chi connectivity index (χ4v) is 2.04. The molecule has 1 aromatic rings. The van der Waals surface area contributed by atoms with Gasteiger partial charge in [-0.3, -0.25) is 4.21 Å². The summed E-state index contributed by atoms with van der Waals surface area (Å²) in [7, 11) is -1.49. The lowest BCUT2D eigenvalue weighted by atomic mass is 10.2. The fraction of sp³-hybridized carbons (Fsp3) is 0.222. The number of hydrogen-bond acceptors (Lipinski definition) is 4. The van der Waals surface area contributed by atoms with Crippen LogP contribution in [-0.4, -0.2) is 27.6 Å². The van der Waals surface area contributed by atoms with E-state index in [1.165, 1.54) is 18.2 Å². The zero-order chi connectivity index (χ0) is 10.6. The second-order valence-electron chi connectivity index (χ2n) is 2.56. The Bertz CT molecular complexity index is 362. The summed E-state index contributed by atoms with van der Waals surface area (Å²) in [4.78, 5) is 10.8. The maximum absolute atomic E-state index is 11.4. The number of aliphatic hydroxyl groups excluding tert-OH is 1. The summed E-state index contributed by atoms with van der Waals surface area (Å²) in [5.74, 6) is -1.32. The van der Waals surface area contributed by atoms with E-state index < -0.39 is 16.8 Å². The van der Waals surface area contributed by atoms with Crippen LogP contribution in [0, 0.1) is 0 Å². The fourth-order valence-electron chi connectivity index (χ4n) is 1.03. The molecule has 0 bridgehead atoms. The molecule has 0 spiro atoms. The van der Waals surface area contributed by atoms with E-state index in [-0.39, 0.29) is 22.8 Å². The molecular weight excluding hydrogens is 204 g/mol. The van der Waals surface area contributed by atoms with Gasteiger partial charge in [0.15, 0.2) is 0 Å². The molecule has 14 heavy (non-hydrogen) atoms. The van der Waals surface area contributed by atoms with Gasteiger partial charge in [0.25, 0.3) is 0 Å². The molecule has 5 heteroatoms. The maximum Gasteiger partial charge on any atom is 0.0727 e. The lowest BCUT2D eigenvalue weighted by Crippen LogP contribution is -2.24. The molecule has 0 fully saturated rings. The van der Waals surface area contributed by atoms with Crippen LogP contribution in [0.4, 0.5) is 0 Å². The van der Waals surface area contributed by atoms with Gasteiger partial charge in [0.2, 0.25) is 0 Å². The highest BCUT2D eigenvalue weighted by molar-refractivity contribution is 7.85. The van der Waals surface area contributed by atoms with Crippen molar-refractivity contribution in [3.05, 3.63) is 29.8 Å². The number of hydrogen-bond donors (Lipinski definition) is 1. The quantitative estimate of drug-likeness (QED) is 0.706. The highest BCUT2D eigenvalue weighted by atomic mass is 32.2. The van der Waals surface area contributed by atoms with Gasteiger partial charge in [-0.05, 0) is 6.07 Å². The number of rotatable bonds is 4. The normalized spacial score (nSPS) is 12.4. The number of carboxylic acids is 1. The van der Waals surface area contributed by atoms with Crippen molar-refractivity contribution in [1.82, 2.24) is 0 Å². The van der Waals surface area contributed by atoms with Crippen molar-refractivity contribution in [2.45, 2.75) is 4.90 Å². The lowest BCUT2D eigenvalue weighted by molar-refractivity contribution is -0.255. The zero-order valence-corrected chi connectivity index (χ0v) is 8.12. The summed E-state index contributed by atoms with van der Waals surface area (Å²) in [6, 6.07) is 5.92. The second kappa shape index (κ2) is 4.88.